The van der Waals surface area contributed by atoms with Crippen LogP contribution >= 0.6 is 0 Å². The number of hydrogen-bond donors (Lipinski definition) is 1. The Kier molecular flexibility index (Phi) is 9.65. The second-order valence-corrected chi connectivity index (χ2v) is 10.1. The van der Waals surface area contributed by atoms with Crippen molar-refractivity contribution in [3.63, 3.8) is 0 Å². The highest BCUT2D eigenvalue weighted by atomic mass is 32.2. The van der Waals surface area contributed by atoms with Crippen molar-refractivity contribution < 1.29 is 26.9 Å². The van der Waals surface area contributed by atoms with Crippen molar-refractivity contribution in [1.82, 2.24) is 4.72 Å². The van der Waals surface area contributed by atoms with Crippen LogP contribution in [0.2, 0.25) is 0 Å². The Labute approximate surface area is 151 Å². The molecule has 0 aliphatic carbocycles. The number of rotatable bonds is 9. The molecule has 25 heavy (non-hydrogen) atoms. The van der Waals surface area contributed by atoms with Crippen LogP contribution in [0.1, 0.15) is 61.3 Å². The molecule has 0 saturated carbocycles. The highest BCUT2D eigenvalue weighted by Gasteiger charge is 2.49. The van der Waals surface area contributed by atoms with Crippen LogP contribution in [0, 0.1) is 17.8 Å². The van der Waals surface area contributed by atoms with Gasteiger partial charge in [0.1, 0.15) is 6.04 Å². The van der Waals surface area contributed by atoms with Gasteiger partial charge in [-0.2, -0.15) is 13.2 Å². The van der Waals surface area contributed by atoms with E-state index in [-0.39, 0.29) is 24.9 Å². The van der Waals surface area contributed by atoms with E-state index in [1.807, 2.05) is 27.7 Å². The Balaban J connectivity index is 5.51. The summed E-state index contributed by atoms with van der Waals surface area (Å²) in [5, 5.41) is 0. The van der Waals surface area contributed by atoms with Gasteiger partial charge in [-0.05, 0) is 39.0 Å². The fourth-order valence-electron chi connectivity index (χ4n) is 1.96. The molecule has 150 valence electrons. The van der Waals surface area contributed by atoms with Crippen LogP contribution in [-0.2, 0) is 20.5 Å². The second-order valence-electron chi connectivity index (χ2n) is 8.12. The van der Waals surface area contributed by atoms with Crippen molar-refractivity contribution in [3.8, 4) is 0 Å². The first kappa shape index (κ1) is 24.4. The molecule has 0 amide bonds. The molecule has 0 aromatic rings. The zero-order valence-electron chi connectivity index (χ0n) is 16.2. The van der Waals surface area contributed by atoms with Crippen LogP contribution in [0.15, 0.2) is 0 Å². The lowest BCUT2D eigenvalue weighted by Gasteiger charge is -2.31. The average Bonchev–Trinajstić information content (AvgIpc) is 2.41. The van der Waals surface area contributed by atoms with Crippen molar-refractivity contribution in [2.24, 2.45) is 17.8 Å². The highest BCUT2D eigenvalue weighted by molar-refractivity contribution is 7.84. The van der Waals surface area contributed by atoms with Crippen molar-refractivity contribution in [1.29, 1.82) is 0 Å². The molecule has 0 aromatic carbocycles. The number of carbonyl (C=O) groups excluding carboxylic acids is 1. The summed E-state index contributed by atoms with van der Waals surface area (Å²) in [6.45, 7) is 12.1. The fourth-order valence-corrected chi connectivity index (χ4v) is 2.84. The van der Waals surface area contributed by atoms with E-state index >= 15 is 0 Å². The van der Waals surface area contributed by atoms with E-state index in [1.54, 1.807) is 20.8 Å². The van der Waals surface area contributed by atoms with Gasteiger partial charge in [-0.25, -0.2) is 8.93 Å². The van der Waals surface area contributed by atoms with Gasteiger partial charge in [0.05, 0.1) is 28.3 Å². The minimum atomic E-state index is -4.71. The molecule has 0 heterocycles. The average molecular weight is 388 g/mol. The third kappa shape index (κ3) is 9.58. The number of hydrogen-bond acceptors (Lipinski definition) is 3. The molecule has 0 aliphatic rings. The summed E-state index contributed by atoms with van der Waals surface area (Å²) in [5.74, 6) is -2.15. The molecule has 0 unspecified atom stereocenters. The van der Waals surface area contributed by atoms with E-state index in [9.17, 15) is 22.2 Å². The van der Waals surface area contributed by atoms with E-state index in [0.29, 0.717) is 6.42 Å². The lowest BCUT2D eigenvalue weighted by Crippen LogP contribution is -2.53. The number of ether oxygens (including phenoxy) is 1. The van der Waals surface area contributed by atoms with Crippen LogP contribution in [0.25, 0.3) is 0 Å². The fraction of sp³-hybridized carbons (Fsp3) is 0.941. The van der Waals surface area contributed by atoms with Crippen molar-refractivity contribution in [2.45, 2.75) is 78.3 Å². The van der Waals surface area contributed by atoms with E-state index in [0.717, 1.165) is 0 Å². The van der Waals surface area contributed by atoms with Gasteiger partial charge < -0.3 is 4.74 Å². The van der Waals surface area contributed by atoms with E-state index in [1.165, 1.54) is 0 Å². The van der Waals surface area contributed by atoms with E-state index < -0.39 is 39.8 Å². The normalized spacial score (nSPS) is 16.8. The summed E-state index contributed by atoms with van der Waals surface area (Å²) < 4.78 is 59.3. The summed E-state index contributed by atoms with van der Waals surface area (Å²) in [4.78, 5) is 12.3. The summed E-state index contributed by atoms with van der Waals surface area (Å²) in [5.41, 5.74) is 0. The summed E-state index contributed by atoms with van der Waals surface area (Å²) >= 11 is 0. The van der Waals surface area contributed by atoms with Gasteiger partial charge in [0.15, 0.2) is 0 Å². The molecule has 0 radical (unpaired) electrons. The molecule has 1 N–H and O–H groups in total. The minimum Gasteiger partial charge on any atom is -0.465 e. The van der Waals surface area contributed by atoms with Crippen LogP contribution in [0.5, 0.6) is 0 Å². The van der Waals surface area contributed by atoms with Crippen molar-refractivity contribution in [3.05, 3.63) is 0 Å². The van der Waals surface area contributed by atoms with Gasteiger partial charge in [0.25, 0.3) is 0 Å². The number of alkyl halides is 3. The zero-order chi connectivity index (χ0) is 20.0. The first-order chi connectivity index (χ1) is 11.2. The Morgan fingerprint density at radius 1 is 1.04 bits per heavy atom. The van der Waals surface area contributed by atoms with Gasteiger partial charge in [-0.15, -0.1) is 0 Å². The maximum Gasteiger partial charge on any atom is 0.405 e. The predicted octanol–water partition coefficient (Wildman–Crippen LogP) is 4.22. The van der Waals surface area contributed by atoms with Gasteiger partial charge in [0, 0.05) is 0 Å². The lowest BCUT2D eigenvalue weighted by molar-refractivity contribution is -0.180. The molecule has 3 atom stereocenters. The number of carbonyl (C=O) groups is 1. The summed E-state index contributed by atoms with van der Waals surface area (Å²) in [7, 11) is -1.96. The largest absolute Gasteiger partial charge is 0.465 e. The first-order valence-electron chi connectivity index (χ1n) is 8.57. The SMILES string of the molecule is CC(C)CC[C@H](C(=O)OCC(C)C)[C@H](N[S@@](=O)C(C)(C)C)C(F)(F)F. The van der Waals surface area contributed by atoms with Gasteiger partial charge in [0.2, 0.25) is 0 Å². The zero-order valence-corrected chi connectivity index (χ0v) is 17.0. The molecule has 0 aromatic heterocycles. The van der Waals surface area contributed by atoms with Crippen LogP contribution in [-0.4, -0.2) is 33.8 Å². The highest BCUT2D eigenvalue weighted by Crippen LogP contribution is 2.31. The van der Waals surface area contributed by atoms with Crippen molar-refractivity contribution in [2.75, 3.05) is 6.61 Å². The van der Waals surface area contributed by atoms with E-state index in [2.05, 4.69) is 4.72 Å². The molecule has 4 nitrogen and oxygen atoms in total. The quantitative estimate of drug-likeness (QED) is 0.603. The number of nitrogens with one attached hydrogen (secondary N) is 1. The minimum absolute atomic E-state index is 0.0209. The molecule has 0 spiro atoms. The van der Waals surface area contributed by atoms with Crippen LogP contribution < -0.4 is 4.72 Å². The molecule has 0 fully saturated rings. The van der Waals surface area contributed by atoms with E-state index in [4.69, 9.17) is 4.74 Å². The Morgan fingerprint density at radius 2 is 1.56 bits per heavy atom. The molecular weight excluding hydrogens is 355 g/mol. The molecular formula is C17H32F3NO3S. The third-order valence-electron chi connectivity index (χ3n) is 3.46. The molecule has 0 rings (SSSR count). The van der Waals surface area contributed by atoms with Crippen LogP contribution in [0.4, 0.5) is 13.2 Å². The molecule has 0 aliphatic heterocycles. The maximum absolute atomic E-state index is 13.6. The Hall–Kier alpha value is -0.630. The number of halogens is 3. The smallest absolute Gasteiger partial charge is 0.405 e. The number of esters is 1. The van der Waals surface area contributed by atoms with Crippen molar-refractivity contribution >= 4 is 17.0 Å². The summed E-state index contributed by atoms with van der Waals surface area (Å²) in [6, 6.07) is -2.20. The Bertz CT molecular complexity index is 445. The second kappa shape index (κ2) is 9.90. The molecule has 8 heteroatoms. The topological polar surface area (TPSA) is 55.4 Å². The van der Waals surface area contributed by atoms with Gasteiger partial charge in [-0.3, -0.25) is 4.79 Å². The standard InChI is InChI=1S/C17H32F3NO3S/c1-11(2)8-9-13(15(22)24-10-12(3)4)14(17(18,19)20)21-25(23)16(5,6)7/h11-14,21H,8-10H2,1-7H3/t13-,14-,25-/m0/s1. The van der Waals surface area contributed by atoms with Crippen LogP contribution in [0.3, 0.4) is 0 Å². The Morgan fingerprint density at radius 3 is 1.92 bits per heavy atom. The molecule has 0 saturated heterocycles. The maximum atomic E-state index is 13.6. The lowest BCUT2D eigenvalue weighted by atomic mass is 9.91. The first-order valence-corrected chi connectivity index (χ1v) is 9.72. The predicted molar refractivity (Wildman–Crippen MR) is 94.2 cm³/mol. The summed E-state index contributed by atoms with van der Waals surface area (Å²) in [6.07, 6.45) is -4.25. The van der Waals surface area contributed by atoms with Gasteiger partial charge >= 0.3 is 12.1 Å². The monoisotopic (exact) mass is 387 g/mol. The van der Waals surface area contributed by atoms with Gasteiger partial charge in [-0.1, -0.05) is 34.1 Å². The molecule has 0 bridgehead atoms. The third-order valence-corrected chi connectivity index (χ3v) is 5.04.